The van der Waals surface area contributed by atoms with Crippen molar-refractivity contribution in [2.24, 2.45) is 5.92 Å². The molecule has 0 aliphatic heterocycles. The van der Waals surface area contributed by atoms with E-state index in [4.69, 9.17) is 5.26 Å². The Kier molecular flexibility index (Phi) is 3.43. The molecule has 1 saturated carbocycles. The van der Waals surface area contributed by atoms with Crippen molar-refractivity contribution in [1.29, 1.82) is 5.26 Å². The van der Waals surface area contributed by atoms with Gasteiger partial charge < -0.3 is 5.32 Å². The second-order valence-corrected chi connectivity index (χ2v) is 4.65. The fourth-order valence-corrected chi connectivity index (χ4v) is 2.08. The average Bonchev–Trinajstić information content (AvgIpc) is 2.26. The summed E-state index contributed by atoms with van der Waals surface area (Å²) >= 11 is 0. The molecular weight excluding hydrogens is 212 g/mol. The van der Waals surface area contributed by atoms with Crippen LogP contribution in [0.1, 0.15) is 42.1 Å². The van der Waals surface area contributed by atoms with Gasteiger partial charge >= 0.3 is 0 Å². The zero-order chi connectivity index (χ0) is 12.3. The van der Waals surface area contributed by atoms with E-state index in [1.54, 1.807) is 24.3 Å². The Morgan fingerprint density at radius 2 is 2.29 bits per heavy atom. The van der Waals surface area contributed by atoms with Gasteiger partial charge in [0.15, 0.2) is 0 Å². The van der Waals surface area contributed by atoms with Crippen LogP contribution in [0, 0.1) is 17.2 Å². The number of amides is 1. The summed E-state index contributed by atoms with van der Waals surface area (Å²) in [5, 5.41) is 11.8. The standard InChI is InChI=1S/C14H16N2O/c1-10(12-5-3-6-12)16-14(17)13-7-2-4-11(8-13)9-15/h2,4,7-8,10,12H,3,5-6H2,1H3,(H,16,17). The first kappa shape index (κ1) is 11.7. The van der Waals surface area contributed by atoms with Crippen LogP contribution < -0.4 is 5.32 Å². The molecule has 1 aromatic rings. The van der Waals surface area contributed by atoms with Gasteiger partial charge in [-0.3, -0.25) is 4.79 Å². The quantitative estimate of drug-likeness (QED) is 0.864. The number of rotatable bonds is 3. The Morgan fingerprint density at radius 3 is 2.88 bits per heavy atom. The number of carbonyl (C=O) groups excluding carboxylic acids is 1. The van der Waals surface area contributed by atoms with E-state index in [1.165, 1.54) is 19.3 Å². The zero-order valence-corrected chi connectivity index (χ0v) is 9.94. The van der Waals surface area contributed by atoms with E-state index >= 15 is 0 Å². The highest BCUT2D eigenvalue weighted by atomic mass is 16.1. The zero-order valence-electron chi connectivity index (χ0n) is 9.94. The summed E-state index contributed by atoms with van der Waals surface area (Å²) in [5.41, 5.74) is 1.09. The topological polar surface area (TPSA) is 52.9 Å². The van der Waals surface area contributed by atoms with Gasteiger partial charge in [0.2, 0.25) is 0 Å². The first-order valence-corrected chi connectivity index (χ1v) is 6.01. The maximum absolute atomic E-state index is 11.9. The molecule has 1 aliphatic carbocycles. The molecule has 0 saturated heterocycles. The largest absolute Gasteiger partial charge is 0.349 e. The molecule has 1 atom stereocenters. The Hall–Kier alpha value is -1.82. The van der Waals surface area contributed by atoms with Crippen molar-refractivity contribution in [1.82, 2.24) is 5.32 Å². The molecule has 1 amide bonds. The predicted molar refractivity (Wildman–Crippen MR) is 65.4 cm³/mol. The predicted octanol–water partition coefficient (Wildman–Crippen LogP) is 2.48. The van der Waals surface area contributed by atoms with Gasteiger partial charge in [-0.15, -0.1) is 0 Å². The molecular formula is C14H16N2O. The van der Waals surface area contributed by atoms with Gasteiger partial charge in [0.1, 0.15) is 0 Å². The highest BCUT2D eigenvalue weighted by molar-refractivity contribution is 5.94. The van der Waals surface area contributed by atoms with E-state index in [1.807, 2.05) is 6.07 Å². The number of hydrogen-bond donors (Lipinski definition) is 1. The van der Waals surface area contributed by atoms with Crippen molar-refractivity contribution < 1.29 is 4.79 Å². The Morgan fingerprint density at radius 1 is 1.53 bits per heavy atom. The van der Waals surface area contributed by atoms with Crippen LogP contribution in [0.2, 0.25) is 0 Å². The summed E-state index contributed by atoms with van der Waals surface area (Å²) in [4.78, 5) is 11.9. The Labute approximate surface area is 101 Å². The third-order valence-corrected chi connectivity index (χ3v) is 3.47. The number of hydrogen-bond acceptors (Lipinski definition) is 2. The normalized spacial score (nSPS) is 16.7. The molecule has 1 fully saturated rings. The highest BCUT2D eigenvalue weighted by Crippen LogP contribution is 2.29. The maximum Gasteiger partial charge on any atom is 0.251 e. The lowest BCUT2D eigenvalue weighted by atomic mass is 9.80. The second kappa shape index (κ2) is 5.01. The lowest BCUT2D eigenvalue weighted by molar-refractivity contribution is 0.0909. The van der Waals surface area contributed by atoms with Gasteiger partial charge in [-0.25, -0.2) is 0 Å². The molecule has 3 heteroatoms. The molecule has 17 heavy (non-hydrogen) atoms. The van der Waals surface area contributed by atoms with E-state index in [0.29, 0.717) is 17.0 Å². The molecule has 1 aliphatic rings. The second-order valence-electron chi connectivity index (χ2n) is 4.65. The third-order valence-electron chi connectivity index (χ3n) is 3.47. The number of nitrogens with one attached hydrogen (secondary N) is 1. The Balaban J connectivity index is 2.01. The molecule has 1 unspecified atom stereocenters. The number of benzene rings is 1. The van der Waals surface area contributed by atoms with Crippen molar-refractivity contribution in [3.63, 3.8) is 0 Å². The van der Waals surface area contributed by atoms with E-state index in [2.05, 4.69) is 12.2 Å². The summed E-state index contributed by atoms with van der Waals surface area (Å²) in [6.45, 7) is 2.05. The molecule has 0 aromatic heterocycles. The fraction of sp³-hybridized carbons (Fsp3) is 0.429. The van der Waals surface area contributed by atoms with E-state index < -0.39 is 0 Å². The fourth-order valence-electron chi connectivity index (χ4n) is 2.08. The van der Waals surface area contributed by atoms with Crippen LogP contribution >= 0.6 is 0 Å². The van der Waals surface area contributed by atoms with Crippen LogP contribution in [0.5, 0.6) is 0 Å². The third kappa shape index (κ3) is 2.65. The summed E-state index contributed by atoms with van der Waals surface area (Å²) in [5.74, 6) is 0.541. The van der Waals surface area contributed by atoms with Gasteiger partial charge in [0, 0.05) is 11.6 Å². The molecule has 88 valence electrons. The van der Waals surface area contributed by atoms with Gasteiger partial charge in [0.05, 0.1) is 11.6 Å². The monoisotopic (exact) mass is 228 g/mol. The van der Waals surface area contributed by atoms with Crippen molar-refractivity contribution in [2.45, 2.75) is 32.2 Å². The van der Waals surface area contributed by atoms with Gasteiger partial charge in [0.25, 0.3) is 5.91 Å². The first-order chi connectivity index (χ1) is 8.20. The van der Waals surface area contributed by atoms with Crippen LogP contribution in [-0.2, 0) is 0 Å². The van der Waals surface area contributed by atoms with Crippen LogP contribution in [-0.4, -0.2) is 11.9 Å². The van der Waals surface area contributed by atoms with E-state index in [-0.39, 0.29) is 11.9 Å². The van der Waals surface area contributed by atoms with E-state index in [9.17, 15) is 4.79 Å². The number of nitrogens with zero attached hydrogens (tertiary/aromatic N) is 1. The molecule has 0 radical (unpaired) electrons. The molecule has 1 N–H and O–H groups in total. The number of carbonyl (C=O) groups is 1. The summed E-state index contributed by atoms with van der Waals surface area (Å²) in [6.07, 6.45) is 3.69. The highest BCUT2D eigenvalue weighted by Gasteiger charge is 2.25. The van der Waals surface area contributed by atoms with Crippen molar-refractivity contribution >= 4 is 5.91 Å². The van der Waals surface area contributed by atoms with Gasteiger partial charge in [-0.05, 0) is 43.9 Å². The minimum Gasteiger partial charge on any atom is -0.349 e. The molecule has 0 spiro atoms. The Bertz CT molecular complexity index is 458. The molecule has 1 aromatic carbocycles. The van der Waals surface area contributed by atoms with Crippen molar-refractivity contribution in [3.05, 3.63) is 35.4 Å². The summed E-state index contributed by atoms with van der Waals surface area (Å²) in [7, 11) is 0. The van der Waals surface area contributed by atoms with Crippen LogP contribution in [0.25, 0.3) is 0 Å². The lowest BCUT2D eigenvalue weighted by Gasteiger charge is -2.31. The summed E-state index contributed by atoms with van der Waals surface area (Å²) in [6, 6.07) is 9.07. The van der Waals surface area contributed by atoms with Crippen LogP contribution in [0.3, 0.4) is 0 Å². The van der Waals surface area contributed by atoms with Crippen LogP contribution in [0.4, 0.5) is 0 Å². The molecule has 2 rings (SSSR count). The average molecular weight is 228 g/mol. The minimum atomic E-state index is -0.0819. The molecule has 3 nitrogen and oxygen atoms in total. The summed E-state index contributed by atoms with van der Waals surface area (Å²) < 4.78 is 0. The van der Waals surface area contributed by atoms with Crippen molar-refractivity contribution in [2.75, 3.05) is 0 Å². The first-order valence-electron chi connectivity index (χ1n) is 6.01. The lowest BCUT2D eigenvalue weighted by Crippen LogP contribution is -2.40. The van der Waals surface area contributed by atoms with Crippen molar-refractivity contribution in [3.8, 4) is 6.07 Å². The maximum atomic E-state index is 11.9. The number of nitriles is 1. The molecule has 0 heterocycles. The van der Waals surface area contributed by atoms with Crippen LogP contribution in [0.15, 0.2) is 24.3 Å². The van der Waals surface area contributed by atoms with Gasteiger partial charge in [-0.1, -0.05) is 12.5 Å². The smallest absolute Gasteiger partial charge is 0.251 e. The molecule has 0 bridgehead atoms. The van der Waals surface area contributed by atoms with Gasteiger partial charge in [-0.2, -0.15) is 5.26 Å². The minimum absolute atomic E-state index is 0.0819. The SMILES string of the molecule is CC(NC(=O)c1cccc(C#N)c1)C1CCC1. The van der Waals surface area contributed by atoms with E-state index in [0.717, 1.165) is 0 Å².